The number of carbonyl (C=O) groups excluding carboxylic acids is 3. The summed E-state index contributed by atoms with van der Waals surface area (Å²) in [5.41, 5.74) is 3.51. The molecule has 4 rings (SSSR count). The fraction of sp³-hybridized carbons (Fsp3) is 0.389. The first-order chi connectivity index (χ1) is 11.9. The van der Waals surface area contributed by atoms with E-state index in [1.807, 2.05) is 13.8 Å². The number of hydrogen-bond donors (Lipinski definition) is 1. The van der Waals surface area contributed by atoms with Crippen LogP contribution in [0.25, 0.3) is 11.0 Å². The van der Waals surface area contributed by atoms with Crippen LogP contribution < -0.4 is 5.32 Å². The van der Waals surface area contributed by atoms with Gasteiger partial charge in [0.2, 0.25) is 11.8 Å². The Labute approximate surface area is 144 Å². The molecule has 1 aliphatic heterocycles. The second kappa shape index (κ2) is 5.61. The third-order valence-corrected chi connectivity index (χ3v) is 4.78. The van der Waals surface area contributed by atoms with E-state index < -0.39 is 11.9 Å². The van der Waals surface area contributed by atoms with E-state index in [-0.39, 0.29) is 24.3 Å². The lowest BCUT2D eigenvalue weighted by Crippen LogP contribution is -2.45. The van der Waals surface area contributed by atoms with Crippen LogP contribution >= 0.6 is 0 Å². The third-order valence-electron chi connectivity index (χ3n) is 4.78. The molecule has 25 heavy (non-hydrogen) atoms. The van der Waals surface area contributed by atoms with Crippen LogP contribution in [0.4, 0.5) is 0 Å². The monoisotopic (exact) mass is 338 g/mol. The summed E-state index contributed by atoms with van der Waals surface area (Å²) in [5.74, 6) is -0.958. The zero-order valence-electron chi connectivity index (χ0n) is 14.1. The van der Waals surface area contributed by atoms with Gasteiger partial charge in [-0.15, -0.1) is 0 Å². The van der Waals surface area contributed by atoms with Crippen molar-refractivity contribution < 1.29 is 14.4 Å². The zero-order chi connectivity index (χ0) is 17.7. The minimum Gasteiger partial charge on any atom is -0.323 e. The lowest BCUT2D eigenvalue weighted by Gasteiger charge is -2.26. The highest BCUT2D eigenvalue weighted by molar-refractivity contribution is 6.08. The van der Waals surface area contributed by atoms with Gasteiger partial charge in [0.15, 0.2) is 0 Å². The normalized spacial score (nSPS) is 20.0. The largest absolute Gasteiger partial charge is 0.323 e. The summed E-state index contributed by atoms with van der Waals surface area (Å²) in [6.07, 6.45) is 1.75. The number of hydrogen-bond acceptors (Lipinski definition) is 5. The van der Waals surface area contributed by atoms with Crippen molar-refractivity contribution in [2.24, 2.45) is 0 Å². The smallest absolute Gasteiger partial charge is 0.254 e. The molecule has 1 aliphatic carbocycles. The highest BCUT2D eigenvalue weighted by Gasteiger charge is 2.44. The Morgan fingerprint density at radius 1 is 1.12 bits per heavy atom. The molecular weight excluding hydrogens is 320 g/mol. The molecule has 2 aliphatic rings. The second-order valence-electron chi connectivity index (χ2n) is 6.67. The maximum atomic E-state index is 13.0. The summed E-state index contributed by atoms with van der Waals surface area (Å²) in [6, 6.07) is 4.50. The van der Waals surface area contributed by atoms with Crippen LogP contribution in [0.2, 0.25) is 0 Å². The van der Waals surface area contributed by atoms with E-state index in [9.17, 15) is 14.4 Å². The number of aromatic nitrogens is 2. The number of carbonyl (C=O) groups is 3. The number of rotatable bonds is 3. The molecule has 1 aromatic heterocycles. The van der Waals surface area contributed by atoms with E-state index in [4.69, 9.17) is 0 Å². The van der Waals surface area contributed by atoms with Crippen molar-refractivity contribution in [1.82, 2.24) is 20.2 Å². The Bertz CT molecular complexity index is 920. The Morgan fingerprint density at radius 2 is 1.80 bits per heavy atom. The number of aryl methyl sites for hydroxylation is 2. The molecular formula is C18H18N4O3. The van der Waals surface area contributed by atoms with Crippen LogP contribution in [0, 0.1) is 13.8 Å². The standard InChI is InChI=1S/C18H18N4O3/c1-9-10(2)20-14-7-11(3-6-13(14)19-9)18(25)22(12-4-5-12)15-8-16(23)21-17(15)24/h3,6-7,12,15H,4-5,8H2,1-2H3,(H,21,23,24)/t15-/m1/s1. The van der Waals surface area contributed by atoms with Crippen LogP contribution in [0.3, 0.4) is 0 Å². The molecule has 2 fully saturated rings. The Kier molecular flexibility index (Phi) is 3.52. The van der Waals surface area contributed by atoms with Crippen LogP contribution in [-0.4, -0.2) is 44.7 Å². The summed E-state index contributed by atoms with van der Waals surface area (Å²) < 4.78 is 0. The zero-order valence-corrected chi connectivity index (χ0v) is 14.1. The number of nitrogens with zero attached hydrogens (tertiary/aromatic N) is 3. The predicted octanol–water partition coefficient (Wildman–Crippen LogP) is 1.27. The van der Waals surface area contributed by atoms with Gasteiger partial charge in [0, 0.05) is 11.6 Å². The summed E-state index contributed by atoms with van der Waals surface area (Å²) in [7, 11) is 0. The number of nitrogens with one attached hydrogen (secondary N) is 1. The van der Waals surface area contributed by atoms with Crippen LogP contribution in [-0.2, 0) is 9.59 Å². The van der Waals surface area contributed by atoms with Gasteiger partial charge >= 0.3 is 0 Å². The van der Waals surface area contributed by atoms with E-state index in [0.717, 1.165) is 29.7 Å². The van der Waals surface area contributed by atoms with Gasteiger partial charge < -0.3 is 4.90 Å². The van der Waals surface area contributed by atoms with Crippen molar-refractivity contribution in [3.8, 4) is 0 Å². The minimum absolute atomic E-state index is 0.0238. The molecule has 1 aromatic carbocycles. The molecule has 7 nitrogen and oxygen atoms in total. The maximum Gasteiger partial charge on any atom is 0.254 e. The van der Waals surface area contributed by atoms with Gasteiger partial charge in [-0.05, 0) is 44.9 Å². The van der Waals surface area contributed by atoms with Crippen molar-refractivity contribution in [2.45, 2.75) is 45.2 Å². The average Bonchev–Trinajstić information content (AvgIpc) is 3.34. The van der Waals surface area contributed by atoms with E-state index in [2.05, 4.69) is 15.3 Å². The molecule has 1 saturated heterocycles. The molecule has 7 heteroatoms. The molecule has 2 heterocycles. The van der Waals surface area contributed by atoms with Gasteiger partial charge in [0.1, 0.15) is 6.04 Å². The summed E-state index contributed by atoms with van der Waals surface area (Å²) >= 11 is 0. The number of fused-ring (bicyclic) bond motifs is 1. The number of imide groups is 1. The van der Waals surface area contributed by atoms with E-state index >= 15 is 0 Å². The van der Waals surface area contributed by atoms with Crippen LogP contribution in [0.15, 0.2) is 18.2 Å². The van der Waals surface area contributed by atoms with Crippen molar-refractivity contribution in [3.63, 3.8) is 0 Å². The lowest BCUT2D eigenvalue weighted by molar-refractivity contribution is -0.126. The number of amides is 3. The van der Waals surface area contributed by atoms with Gasteiger partial charge in [0.05, 0.1) is 28.8 Å². The van der Waals surface area contributed by atoms with Crippen molar-refractivity contribution in [1.29, 1.82) is 0 Å². The molecule has 0 spiro atoms. The molecule has 0 bridgehead atoms. The summed E-state index contributed by atoms with van der Waals surface area (Å²) in [4.78, 5) is 47.1. The molecule has 0 unspecified atom stereocenters. The predicted molar refractivity (Wildman–Crippen MR) is 89.8 cm³/mol. The first-order valence-corrected chi connectivity index (χ1v) is 8.35. The van der Waals surface area contributed by atoms with Gasteiger partial charge in [-0.3, -0.25) is 19.7 Å². The van der Waals surface area contributed by atoms with Crippen molar-refractivity contribution in [2.75, 3.05) is 0 Å². The van der Waals surface area contributed by atoms with E-state index in [1.165, 1.54) is 0 Å². The highest BCUT2D eigenvalue weighted by Crippen LogP contribution is 2.32. The van der Waals surface area contributed by atoms with Crippen molar-refractivity contribution >= 4 is 28.8 Å². The fourth-order valence-corrected chi connectivity index (χ4v) is 3.19. The molecule has 0 radical (unpaired) electrons. The maximum absolute atomic E-state index is 13.0. The van der Waals surface area contributed by atoms with Crippen LogP contribution in [0.1, 0.15) is 41.0 Å². The lowest BCUT2D eigenvalue weighted by atomic mass is 10.1. The van der Waals surface area contributed by atoms with Crippen molar-refractivity contribution in [3.05, 3.63) is 35.2 Å². The molecule has 1 saturated carbocycles. The summed E-state index contributed by atoms with van der Waals surface area (Å²) in [6.45, 7) is 3.77. The molecule has 3 amide bonds. The van der Waals surface area contributed by atoms with E-state index in [1.54, 1.807) is 23.1 Å². The van der Waals surface area contributed by atoms with Gasteiger partial charge in [-0.1, -0.05) is 0 Å². The average molecular weight is 338 g/mol. The third kappa shape index (κ3) is 2.75. The number of benzene rings is 1. The summed E-state index contributed by atoms with van der Waals surface area (Å²) in [5, 5.41) is 2.29. The van der Waals surface area contributed by atoms with Gasteiger partial charge in [0.25, 0.3) is 5.91 Å². The van der Waals surface area contributed by atoms with Gasteiger partial charge in [-0.25, -0.2) is 9.97 Å². The first-order valence-electron chi connectivity index (χ1n) is 8.35. The Hall–Kier alpha value is -2.83. The van der Waals surface area contributed by atoms with Gasteiger partial charge in [-0.2, -0.15) is 0 Å². The Balaban J connectivity index is 1.71. The molecule has 1 atom stereocenters. The molecule has 1 N–H and O–H groups in total. The van der Waals surface area contributed by atoms with E-state index in [0.29, 0.717) is 11.1 Å². The topological polar surface area (TPSA) is 92.3 Å². The fourth-order valence-electron chi connectivity index (χ4n) is 3.19. The Morgan fingerprint density at radius 3 is 2.40 bits per heavy atom. The highest BCUT2D eigenvalue weighted by atomic mass is 16.2. The SMILES string of the molecule is Cc1nc2ccc(C(=O)N(C3CC3)[C@@H]3CC(=O)NC3=O)cc2nc1C. The minimum atomic E-state index is -0.714. The second-order valence-corrected chi connectivity index (χ2v) is 6.67. The van der Waals surface area contributed by atoms with Crippen LogP contribution in [0.5, 0.6) is 0 Å². The molecule has 128 valence electrons. The first kappa shape index (κ1) is 15.7. The quantitative estimate of drug-likeness (QED) is 0.851. The molecule has 2 aromatic rings.